The molecule has 0 fully saturated rings. The van der Waals surface area contributed by atoms with Crippen molar-refractivity contribution in [2.24, 2.45) is 5.73 Å². The molecule has 114 valence electrons. The summed E-state index contributed by atoms with van der Waals surface area (Å²) in [4.78, 5) is 0.0724. The van der Waals surface area contributed by atoms with Crippen LogP contribution in [0.5, 0.6) is 0 Å². The van der Waals surface area contributed by atoms with Gasteiger partial charge in [-0.25, -0.2) is 13.1 Å². The molecule has 21 heavy (non-hydrogen) atoms. The molecule has 0 aliphatic carbocycles. The Hall–Kier alpha value is -1.15. The van der Waals surface area contributed by atoms with Crippen molar-refractivity contribution in [1.29, 1.82) is 0 Å². The molecule has 0 radical (unpaired) electrons. The number of sulfonamides is 1. The standard InChI is InChI=1S/C14H17BrN2O3S/c1-10(11-5-3-2-4-6-11)9-17-21(18,19)13-7-12(8-16)20-14(13)15/h2-7,10,17H,8-9,16H2,1H3. The Morgan fingerprint density at radius 1 is 1.33 bits per heavy atom. The van der Waals surface area contributed by atoms with Gasteiger partial charge in [0.15, 0.2) is 4.67 Å². The molecule has 1 atom stereocenters. The average Bonchev–Trinajstić information content (AvgIpc) is 2.88. The number of nitrogens with one attached hydrogen (secondary N) is 1. The average molecular weight is 373 g/mol. The van der Waals surface area contributed by atoms with Crippen molar-refractivity contribution in [3.05, 3.63) is 52.4 Å². The minimum atomic E-state index is -3.63. The molecule has 1 aromatic carbocycles. The van der Waals surface area contributed by atoms with Crippen LogP contribution in [0.3, 0.4) is 0 Å². The summed E-state index contributed by atoms with van der Waals surface area (Å²) in [5.41, 5.74) is 6.52. The minimum absolute atomic E-state index is 0.0700. The maximum atomic E-state index is 12.3. The third-order valence-electron chi connectivity index (χ3n) is 3.15. The van der Waals surface area contributed by atoms with Crippen molar-refractivity contribution >= 4 is 26.0 Å². The predicted molar refractivity (Wildman–Crippen MR) is 84.3 cm³/mol. The molecule has 0 amide bonds. The molecule has 1 unspecified atom stereocenters. The van der Waals surface area contributed by atoms with Gasteiger partial charge in [-0.3, -0.25) is 0 Å². The minimum Gasteiger partial charge on any atom is -0.452 e. The largest absolute Gasteiger partial charge is 0.452 e. The third kappa shape index (κ3) is 3.94. The highest BCUT2D eigenvalue weighted by molar-refractivity contribution is 9.10. The van der Waals surface area contributed by atoms with Crippen molar-refractivity contribution in [1.82, 2.24) is 4.72 Å². The van der Waals surface area contributed by atoms with Crippen molar-refractivity contribution in [2.75, 3.05) is 6.54 Å². The fourth-order valence-electron chi connectivity index (χ4n) is 1.89. The number of rotatable bonds is 6. The smallest absolute Gasteiger partial charge is 0.244 e. The maximum absolute atomic E-state index is 12.3. The summed E-state index contributed by atoms with van der Waals surface area (Å²) in [5, 5.41) is 0. The number of nitrogens with two attached hydrogens (primary N) is 1. The van der Waals surface area contributed by atoms with Crippen LogP contribution < -0.4 is 10.5 Å². The van der Waals surface area contributed by atoms with Crippen LogP contribution in [0.2, 0.25) is 0 Å². The lowest BCUT2D eigenvalue weighted by Gasteiger charge is -2.12. The zero-order chi connectivity index (χ0) is 15.5. The Morgan fingerprint density at radius 2 is 2.00 bits per heavy atom. The molecule has 1 aromatic heterocycles. The molecule has 7 heteroatoms. The topological polar surface area (TPSA) is 85.3 Å². The van der Waals surface area contributed by atoms with Crippen LogP contribution in [0.1, 0.15) is 24.2 Å². The molecule has 1 heterocycles. The van der Waals surface area contributed by atoms with E-state index in [0.717, 1.165) is 5.56 Å². The number of hydrogen-bond acceptors (Lipinski definition) is 4. The molecule has 2 aromatic rings. The highest BCUT2D eigenvalue weighted by atomic mass is 79.9. The first kappa shape index (κ1) is 16.2. The molecule has 0 spiro atoms. The second-order valence-electron chi connectivity index (χ2n) is 4.72. The van der Waals surface area contributed by atoms with Crippen molar-refractivity contribution in [3.8, 4) is 0 Å². The highest BCUT2D eigenvalue weighted by Gasteiger charge is 2.22. The molecule has 0 aliphatic rings. The van der Waals surface area contributed by atoms with E-state index in [9.17, 15) is 8.42 Å². The Morgan fingerprint density at radius 3 is 2.57 bits per heavy atom. The number of halogens is 1. The zero-order valence-electron chi connectivity index (χ0n) is 11.5. The Bertz CT molecular complexity index is 698. The molecule has 2 rings (SSSR count). The van der Waals surface area contributed by atoms with E-state index in [0.29, 0.717) is 12.3 Å². The van der Waals surface area contributed by atoms with E-state index < -0.39 is 10.0 Å². The first-order valence-corrected chi connectivity index (χ1v) is 8.74. The quantitative estimate of drug-likeness (QED) is 0.815. The summed E-state index contributed by atoms with van der Waals surface area (Å²) in [7, 11) is -3.63. The monoisotopic (exact) mass is 372 g/mol. The third-order valence-corrected chi connectivity index (χ3v) is 5.43. The van der Waals surface area contributed by atoms with Gasteiger partial charge in [-0.05, 0) is 27.4 Å². The first-order valence-electron chi connectivity index (χ1n) is 6.47. The molecular formula is C14H17BrN2O3S. The van der Waals surface area contributed by atoms with E-state index in [1.807, 2.05) is 37.3 Å². The van der Waals surface area contributed by atoms with E-state index in [1.165, 1.54) is 6.07 Å². The molecule has 0 aliphatic heterocycles. The van der Waals surface area contributed by atoms with Gasteiger partial charge in [0, 0.05) is 12.6 Å². The van der Waals surface area contributed by atoms with Crippen LogP contribution in [-0.4, -0.2) is 15.0 Å². The first-order chi connectivity index (χ1) is 9.94. The van der Waals surface area contributed by atoms with Gasteiger partial charge in [0.05, 0.1) is 6.54 Å². The molecule has 3 N–H and O–H groups in total. The highest BCUT2D eigenvalue weighted by Crippen LogP contribution is 2.26. The van der Waals surface area contributed by atoms with E-state index in [-0.39, 0.29) is 22.0 Å². The van der Waals surface area contributed by atoms with Crippen molar-refractivity contribution < 1.29 is 12.8 Å². The maximum Gasteiger partial charge on any atom is 0.244 e. The van der Waals surface area contributed by atoms with E-state index in [1.54, 1.807) is 0 Å². The van der Waals surface area contributed by atoms with Crippen molar-refractivity contribution in [2.45, 2.75) is 24.3 Å². The van der Waals surface area contributed by atoms with Crippen LogP contribution in [-0.2, 0) is 16.6 Å². The van der Waals surface area contributed by atoms with Crippen LogP contribution in [0.4, 0.5) is 0 Å². The van der Waals surface area contributed by atoms with Gasteiger partial charge in [0.25, 0.3) is 0 Å². The fourth-order valence-corrected chi connectivity index (χ4v) is 4.02. The number of furan rings is 1. The fraction of sp³-hybridized carbons (Fsp3) is 0.286. The van der Waals surface area contributed by atoms with Gasteiger partial charge in [0.1, 0.15) is 10.7 Å². The zero-order valence-corrected chi connectivity index (χ0v) is 13.9. The summed E-state index contributed by atoms with van der Waals surface area (Å²) < 4.78 is 32.5. The van der Waals surface area contributed by atoms with Crippen molar-refractivity contribution in [3.63, 3.8) is 0 Å². The predicted octanol–water partition coefficient (Wildman–Crippen LogP) is 2.58. The van der Waals surface area contributed by atoms with E-state index in [4.69, 9.17) is 10.2 Å². The van der Waals surface area contributed by atoms with Crippen LogP contribution in [0, 0.1) is 0 Å². The Kier molecular flexibility index (Phi) is 5.21. The summed E-state index contributed by atoms with van der Waals surface area (Å²) >= 11 is 3.10. The Balaban J connectivity index is 2.09. The van der Waals surface area contributed by atoms with E-state index >= 15 is 0 Å². The van der Waals surface area contributed by atoms with Gasteiger partial charge in [-0.2, -0.15) is 0 Å². The van der Waals surface area contributed by atoms with Gasteiger partial charge in [0.2, 0.25) is 10.0 Å². The molecule has 0 saturated heterocycles. The second kappa shape index (κ2) is 6.74. The number of hydrogen-bond donors (Lipinski definition) is 2. The van der Waals surface area contributed by atoms with Crippen LogP contribution in [0.25, 0.3) is 0 Å². The van der Waals surface area contributed by atoms with Gasteiger partial charge < -0.3 is 10.2 Å². The van der Waals surface area contributed by atoms with Crippen LogP contribution in [0.15, 0.2) is 50.4 Å². The molecule has 0 bridgehead atoms. The lowest BCUT2D eigenvalue weighted by Crippen LogP contribution is -2.27. The number of benzene rings is 1. The molecular weight excluding hydrogens is 356 g/mol. The Labute approximate surface area is 132 Å². The summed E-state index contributed by atoms with van der Waals surface area (Å²) in [6.45, 7) is 2.42. The summed E-state index contributed by atoms with van der Waals surface area (Å²) in [6, 6.07) is 11.2. The van der Waals surface area contributed by atoms with Gasteiger partial charge in [-0.1, -0.05) is 37.3 Å². The summed E-state index contributed by atoms with van der Waals surface area (Å²) in [5.74, 6) is 0.485. The SMILES string of the molecule is CC(CNS(=O)(=O)c1cc(CN)oc1Br)c1ccccc1. The lowest BCUT2D eigenvalue weighted by atomic mass is 10.0. The lowest BCUT2D eigenvalue weighted by molar-refractivity contribution is 0.483. The normalized spacial score (nSPS) is 13.3. The van der Waals surface area contributed by atoms with Gasteiger partial charge >= 0.3 is 0 Å². The summed E-state index contributed by atoms with van der Waals surface area (Å²) in [6.07, 6.45) is 0. The molecule has 5 nitrogen and oxygen atoms in total. The van der Waals surface area contributed by atoms with E-state index in [2.05, 4.69) is 20.7 Å². The van der Waals surface area contributed by atoms with Gasteiger partial charge in [-0.15, -0.1) is 0 Å². The molecule has 0 saturated carbocycles. The second-order valence-corrected chi connectivity index (χ2v) is 7.17. The van der Waals surface area contributed by atoms with Crippen LogP contribution >= 0.6 is 15.9 Å².